The lowest BCUT2D eigenvalue weighted by Crippen LogP contribution is -2.56. The van der Waals surface area contributed by atoms with E-state index in [1.165, 1.54) is 12.7 Å². The number of nitrogens with zero attached hydrogens (tertiary/aromatic N) is 11. The summed E-state index contributed by atoms with van der Waals surface area (Å²) < 4.78 is 24.0. The summed E-state index contributed by atoms with van der Waals surface area (Å²) in [6.07, 6.45) is 2.62. The fourth-order valence-electron chi connectivity index (χ4n) is 7.67. The van der Waals surface area contributed by atoms with E-state index < -0.39 is 51.2 Å². The van der Waals surface area contributed by atoms with Crippen molar-refractivity contribution in [2.75, 3.05) is 23.7 Å². The van der Waals surface area contributed by atoms with Gasteiger partial charge in [-0.1, -0.05) is 69.2 Å². The van der Waals surface area contributed by atoms with E-state index in [0.29, 0.717) is 33.5 Å². The Morgan fingerprint density at radius 2 is 1.37 bits per heavy atom. The van der Waals surface area contributed by atoms with Gasteiger partial charge in [-0.15, -0.1) is 0 Å². The van der Waals surface area contributed by atoms with Crippen LogP contribution >= 0.6 is 12.2 Å². The molecule has 2 saturated heterocycles. The second-order valence-electron chi connectivity index (χ2n) is 17.4. The van der Waals surface area contributed by atoms with Gasteiger partial charge in [-0.25, -0.2) is 29.9 Å². The zero-order valence-electron chi connectivity index (χ0n) is 36.6. The Labute approximate surface area is 380 Å². The predicted molar refractivity (Wildman–Crippen MR) is 248 cm³/mol. The maximum absolute atomic E-state index is 13.1. The van der Waals surface area contributed by atoms with Gasteiger partial charge in [-0.05, 0) is 60.1 Å². The van der Waals surface area contributed by atoms with Crippen LogP contribution in [0.15, 0.2) is 91.1 Å². The maximum Gasteiger partial charge on any atom is 0.256 e. The van der Waals surface area contributed by atoms with Crippen LogP contribution in [0.4, 0.5) is 11.6 Å². The summed E-state index contributed by atoms with van der Waals surface area (Å²) in [6.45, 7) is 12.9. The van der Waals surface area contributed by atoms with Crippen molar-refractivity contribution in [3.63, 3.8) is 0 Å². The van der Waals surface area contributed by atoms with E-state index >= 15 is 0 Å². The van der Waals surface area contributed by atoms with Crippen LogP contribution in [0.2, 0.25) is 18.1 Å². The number of carbonyl (C=O) groups excluding carboxylic acids is 2. The number of rotatable bonds is 13. The van der Waals surface area contributed by atoms with Crippen molar-refractivity contribution in [2.45, 2.75) is 88.7 Å². The molecule has 8 rings (SSSR count). The molecule has 21 nitrogen and oxygen atoms in total. The number of fused-ring (bicyclic) bond motifs is 2. The van der Waals surface area contributed by atoms with Crippen LogP contribution in [0, 0.1) is 5.92 Å². The second-order valence-corrected chi connectivity index (χ2v) is 22.6. The Balaban J connectivity index is 1.01. The van der Waals surface area contributed by atoms with Crippen molar-refractivity contribution >= 4 is 71.4 Å². The van der Waals surface area contributed by atoms with E-state index in [4.69, 9.17) is 31.9 Å². The van der Waals surface area contributed by atoms with Gasteiger partial charge in [-0.3, -0.25) is 18.7 Å². The number of amides is 2. The first-order chi connectivity index (χ1) is 31.1. The average Bonchev–Trinajstić information content (AvgIpc) is 4.07. The Morgan fingerprint density at radius 3 is 1.89 bits per heavy atom. The molecule has 6 N–H and O–H groups in total. The molecule has 6 heterocycles. The smallest absolute Gasteiger partial charge is 0.256 e. The lowest BCUT2D eigenvalue weighted by molar-refractivity contribution is -0.0285. The Kier molecular flexibility index (Phi) is 12.9. The van der Waals surface area contributed by atoms with Crippen molar-refractivity contribution in [1.82, 2.24) is 49.7 Å². The lowest BCUT2D eigenvalue weighted by Gasteiger charge is -2.41. The summed E-state index contributed by atoms with van der Waals surface area (Å²) in [7, 11) is -2.54. The van der Waals surface area contributed by atoms with E-state index in [0.717, 1.165) is 0 Å². The molecule has 2 fully saturated rings. The van der Waals surface area contributed by atoms with Gasteiger partial charge in [0.1, 0.15) is 25.0 Å². The molecule has 2 aliphatic heterocycles. The zero-order valence-corrected chi connectivity index (χ0v) is 38.4. The fraction of sp³-hybridized carbons (Fsp3) is 0.405. The third-order valence-electron chi connectivity index (χ3n) is 12.3. The molecule has 338 valence electrons. The molecule has 4 aromatic heterocycles. The van der Waals surface area contributed by atoms with E-state index in [1.54, 1.807) is 70.3 Å². The number of nitrogens with two attached hydrogens (primary N) is 1. The van der Waals surface area contributed by atoms with E-state index in [9.17, 15) is 15.1 Å². The number of hydrogen-bond donors (Lipinski definition) is 5. The van der Waals surface area contributed by atoms with E-state index in [1.807, 2.05) is 19.1 Å². The fourth-order valence-corrected chi connectivity index (χ4v) is 9.19. The van der Waals surface area contributed by atoms with Crippen LogP contribution in [-0.4, -0.2) is 108 Å². The molecule has 6 aromatic rings. The van der Waals surface area contributed by atoms with Crippen LogP contribution in [-0.2, 0) is 13.9 Å². The van der Waals surface area contributed by atoms with Gasteiger partial charge in [0.2, 0.25) is 0 Å². The SMILES string of the molecule is C[C@@H]1[C@H](N)[C@@H](CNC(=S)N[C@H]2[C@@H](O[Si](C)(C)C(C)(C)C)[C@H](n3cnc4c(NC(=O)c5ccccc5)ncnc43)O[C@@H]2CN=[N+]=[N-])O[C@H]1n1cnc2c(NC(=O)c3ccccc3)ncnc21. The van der Waals surface area contributed by atoms with Gasteiger partial charge in [0, 0.05) is 34.5 Å². The topological polar surface area (TPSA) is 272 Å². The minimum absolute atomic E-state index is 0.0412. The Morgan fingerprint density at radius 1 is 0.846 bits per heavy atom. The molecule has 2 amide bonds. The van der Waals surface area contributed by atoms with Crippen molar-refractivity contribution in [1.29, 1.82) is 0 Å². The standard InChI is InChI=1S/C42H50N16O5SSi/c1-23-28(43)26(61-39(23)57-21-50-30-33(46-19-48-35(30)57)54-37(59)24-13-9-7-10-14-24)17-45-41(64)53-29-27(18-52-56-44)62-40(32(29)63-65(5,6)42(2,3)4)58-22-51-31-34(47-20-49-36(31)58)55-38(60)25-15-11-8-12-16-25/h7-16,19-23,26-29,32,39-40H,17-18,43H2,1-6H3,(H2,45,53,64)(H,46,48,54,59)(H,47,49,55,60)/t23-,26-,27-,28+,29-,32-,39-,40-/m1/s1. The molecule has 0 aliphatic carbocycles. The van der Waals surface area contributed by atoms with Crippen molar-refractivity contribution in [2.24, 2.45) is 16.8 Å². The van der Waals surface area contributed by atoms with Crippen molar-refractivity contribution < 1.29 is 23.5 Å². The minimum Gasteiger partial charge on any atom is -0.407 e. The third kappa shape index (κ3) is 9.25. The van der Waals surface area contributed by atoms with Gasteiger partial charge < -0.3 is 40.9 Å². The Bertz CT molecular complexity index is 2750. The molecule has 2 aliphatic rings. The van der Waals surface area contributed by atoms with Crippen LogP contribution in [0.5, 0.6) is 0 Å². The first-order valence-corrected chi connectivity index (χ1v) is 24.3. The first kappa shape index (κ1) is 45.1. The highest BCUT2D eigenvalue weighted by Gasteiger charge is 2.51. The number of imidazole rings is 2. The summed E-state index contributed by atoms with van der Waals surface area (Å²) in [5.41, 5.74) is 18.8. The molecule has 0 spiro atoms. The molecule has 65 heavy (non-hydrogen) atoms. The molecule has 8 atom stereocenters. The summed E-state index contributed by atoms with van der Waals surface area (Å²) in [5.74, 6) is -0.363. The number of anilines is 2. The molecule has 2 aromatic carbocycles. The molecular weight excluding hydrogens is 869 g/mol. The zero-order chi connectivity index (χ0) is 46.0. The van der Waals surface area contributed by atoms with Crippen LogP contribution < -0.4 is 27.0 Å². The molecule has 0 saturated carbocycles. The van der Waals surface area contributed by atoms with Gasteiger partial charge in [0.25, 0.3) is 11.8 Å². The monoisotopic (exact) mass is 918 g/mol. The summed E-state index contributed by atoms with van der Waals surface area (Å²) in [5, 5.41) is 16.4. The number of nitrogens with one attached hydrogen (secondary N) is 4. The third-order valence-corrected chi connectivity index (χ3v) is 17.0. The molecular formula is C42H50N16O5SSi. The predicted octanol–water partition coefficient (Wildman–Crippen LogP) is 5.46. The average molecular weight is 919 g/mol. The highest BCUT2D eigenvalue weighted by Crippen LogP contribution is 2.43. The summed E-state index contributed by atoms with van der Waals surface area (Å²) in [4.78, 5) is 55.9. The first-order valence-electron chi connectivity index (χ1n) is 21.0. The highest BCUT2D eigenvalue weighted by molar-refractivity contribution is 7.80. The number of aromatic nitrogens is 8. The quantitative estimate of drug-likeness (QED) is 0.0316. The van der Waals surface area contributed by atoms with Gasteiger partial charge >= 0.3 is 0 Å². The van der Waals surface area contributed by atoms with Gasteiger partial charge in [-0.2, -0.15) is 0 Å². The number of azide groups is 1. The molecule has 0 radical (unpaired) electrons. The van der Waals surface area contributed by atoms with Crippen LogP contribution in [0.3, 0.4) is 0 Å². The molecule has 0 bridgehead atoms. The van der Waals surface area contributed by atoms with Crippen LogP contribution in [0.1, 0.15) is 60.9 Å². The highest BCUT2D eigenvalue weighted by atomic mass is 32.1. The second kappa shape index (κ2) is 18.6. The summed E-state index contributed by atoms with van der Waals surface area (Å²) in [6, 6.07) is 16.6. The normalized spacial score (nSPS) is 23.2. The number of hydrogen-bond acceptors (Lipinski definition) is 14. The number of thiocarbonyl (C=S) groups is 1. The molecule has 23 heteroatoms. The minimum atomic E-state index is -2.54. The van der Waals surface area contributed by atoms with E-state index in [-0.39, 0.29) is 52.6 Å². The van der Waals surface area contributed by atoms with Gasteiger partial charge in [0.15, 0.2) is 53.6 Å². The maximum atomic E-state index is 13.1. The van der Waals surface area contributed by atoms with Gasteiger partial charge in [0.05, 0.1) is 37.4 Å². The van der Waals surface area contributed by atoms with Crippen molar-refractivity contribution in [3.8, 4) is 0 Å². The molecule has 0 unspecified atom stereocenters. The van der Waals surface area contributed by atoms with E-state index in [2.05, 4.69) is 95.1 Å². The number of benzene rings is 2. The largest absolute Gasteiger partial charge is 0.407 e. The Hall–Kier alpha value is -6.46. The number of ether oxygens (including phenoxy) is 2. The number of carbonyl (C=O) groups is 2. The van der Waals surface area contributed by atoms with Crippen molar-refractivity contribution in [3.05, 3.63) is 108 Å². The summed E-state index contributed by atoms with van der Waals surface area (Å²) >= 11 is 5.93. The lowest BCUT2D eigenvalue weighted by atomic mass is 10.00. The van der Waals surface area contributed by atoms with Crippen LogP contribution in [0.25, 0.3) is 32.8 Å².